The Kier molecular flexibility index (Phi) is 5.79. The van der Waals surface area contributed by atoms with Gasteiger partial charge in [0.2, 0.25) is 0 Å². The van der Waals surface area contributed by atoms with Crippen LogP contribution in [0.5, 0.6) is 11.5 Å². The van der Waals surface area contributed by atoms with Crippen LogP contribution >= 0.6 is 15.9 Å². The first-order valence-corrected chi connectivity index (χ1v) is 9.21. The normalized spacial score (nSPS) is 15.6. The average Bonchev–Trinajstić information content (AvgIpc) is 2.67. The molecule has 2 aromatic rings. The van der Waals surface area contributed by atoms with Gasteiger partial charge in [0.1, 0.15) is 17.1 Å². The zero-order valence-corrected chi connectivity index (χ0v) is 16.8. The summed E-state index contributed by atoms with van der Waals surface area (Å²) in [6.45, 7) is 2.35. The quantitative estimate of drug-likeness (QED) is 0.563. The molecule has 1 aliphatic heterocycles. The van der Waals surface area contributed by atoms with E-state index in [0.717, 1.165) is 9.37 Å². The van der Waals surface area contributed by atoms with Crippen LogP contribution in [-0.4, -0.2) is 31.6 Å². The second-order valence-electron chi connectivity index (χ2n) is 5.77. The Morgan fingerprint density at radius 2 is 1.82 bits per heavy atom. The number of barbiturate groups is 1. The molecule has 0 spiro atoms. The number of hydrogen-bond donors (Lipinski definition) is 1. The van der Waals surface area contributed by atoms with Crippen molar-refractivity contribution in [2.45, 2.75) is 6.92 Å². The van der Waals surface area contributed by atoms with E-state index in [1.54, 1.807) is 42.5 Å². The maximum absolute atomic E-state index is 12.9. The Balaban J connectivity index is 1.99. The second-order valence-corrected chi connectivity index (χ2v) is 6.69. The standard InChI is InChI=1S/C20H17BrN2O5/c1-3-28-15-7-5-14(6-8-15)23-19(25)16(18(24)22-20(23)26)11-12-10-13(21)4-9-17(12)27-2/h4-11H,3H2,1-2H3,(H,22,24,26)/b16-11-. The van der Waals surface area contributed by atoms with Crippen molar-refractivity contribution in [3.05, 3.63) is 58.1 Å². The molecule has 144 valence electrons. The minimum absolute atomic E-state index is 0.176. The number of anilines is 1. The van der Waals surface area contributed by atoms with Crippen LogP contribution in [0.4, 0.5) is 10.5 Å². The molecule has 1 N–H and O–H groups in total. The topological polar surface area (TPSA) is 84.9 Å². The van der Waals surface area contributed by atoms with Crippen molar-refractivity contribution in [1.82, 2.24) is 5.32 Å². The van der Waals surface area contributed by atoms with Crippen molar-refractivity contribution in [1.29, 1.82) is 0 Å². The second kappa shape index (κ2) is 8.26. The number of benzene rings is 2. The number of carbonyl (C=O) groups excluding carboxylic acids is 3. The fraction of sp³-hybridized carbons (Fsp3) is 0.150. The number of imide groups is 2. The maximum Gasteiger partial charge on any atom is 0.335 e. The number of nitrogens with zero attached hydrogens (tertiary/aromatic N) is 1. The summed E-state index contributed by atoms with van der Waals surface area (Å²) in [6.07, 6.45) is 1.40. The molecule has 4 amide bonds. The molecule has 7 nitrogen and oxygen atoms in total. The van der Waals surface area contributed by atoms with Crippen molar-refractivity contribution in [2.24, 2.45) is 0 Å². The van der Waals surface area contributed by atoms with Crippen LogP contribution in [0, 0.1) is 0 Å². The number of methoxy groups -OCH3 is 1. The van der Waals surface area contributed by atoms with Gasteiger partial charge in [-0.15, -0.1) is 0 Å². The number of hydrogen-bond acceptors (Lipinski definition) is 5. The first-order chi connectivity index (χ1) is 13.4. The zero-order valence-electron chi connectivity index (χ0n) is 15.2. The lowest BCUT2D eigenvalue weighted by atomic mass is 10.1. The summed E-state index contributed by atoms with van der Waals surface area (Å²) in [7, 11) is 1.49. The van der Waals surface area contributed by atoms with E-state index < -0.39 is 17.8 Å². The molecule has 0 radical (unpaired) electrons. The molecule has 28 heavy (non-hydrogen) atoms. The van der Waals surface area contributed by atoms with E-state index in [1.807, 2.05) is 6.92 Å². The number of amides is 4. The Morgan fingerprint density at radius 3 is 2.46 bits per heavy atom. The molecule has 3 rings (SSSR count). The van der Waals surface area contributed by atoms with Gasteiger partial charge in [-0.2, -0.15) is 0 Å². The number of rotatable bonds is 5. The van der Waals surface area contributed by atoms with Crippen LogP contribution in [0.3, 0.4) is 0 Å². The number of ether oxygens (including phenoxy) is 2. The van der Waals surface area contributed by atoms with Gasteiger partial charge in [0.25, 0.3) is 11.8 Å². The molecule has 0 aliphatic carbocycles. The van der Waals surface area contributed by atoms with Gasteiger partial charge in [0, 0.05) is 10.0 Å². The Labute approximate surface area is 170 Å². The predicted molar refractivity (Wildman–Crippen MR) is 107 cm³/mol. The number of carbonyl (C=O) groups is 3. The summed E-state index contributed by atoms with van der Waals surface area (Å²) >= 11 is 3.35. The van der Waals surface area contributed by atoms with Gasteiger partial charge in [0.05, 0.1) is 19.4 Å². The fourth-order valence-electron chi connectivity index (χ4n) is 2.72. The summed E-state index contributed by atoms with van der Waals surface area (Å²) in [5.74, 6) is -0.387. The Bertz CT molecular complexity index is 969. The van der Waals surface area contributed by atoms with E-state index in [9.17, 15) is 14.4 Å². The first-order valence-electron chi connectivity index (χ1n) is 8.42. The van der Waals surface area contributed by atoms with Crippen LogP contribution in [0.1, 0.15) is 12.5 Å². The molecule has 2 aromatic carbocycles. The highest BCUT2D eigenvalue weighted by Crippen LogP contribution is 2.28. The van der Waals surface area contributed by atoms with Crippen LogP contribution in [0.2, 0.25) is 0 Å². The van der Waals surface area contributed by atoms with Crippen molar-refractivity contribution < 1.29 is 23.9 Å². The molecule has 0 bridgehead atoms. The largest absolute Gasteiger partial charge is 0.496 e. The lowest BCUT2D eigenvalue weighted by Crippen LogP contribution is -2.54. The molecule has 0 aromatic heterocycles. The van der Waals surface area contributed by atoms with Crippen molar-refractivity contribution in [2.75, 3.05) is 18.6 Å². The highest BCUT2D eigenvalue weighted by Gasteiger charge is 2.37. The molecule has 0 saturated carbocycles. The van der Waals surface area contributed by atoms with Gasteiger partial charge in [-0.05, 0) is 55.5 Å². The van der Waals surface area contributed by atoms with E-state index in [-0.39, 0.29) is 5.57 Å². The average molecular weight is 445 g/mol. The summed E-state index contributed by atoms with van der Waals surface area (Å²) < 4.78 is 11.4. The first kappa shape index (κ1) is 19.6. The highest BCUT2D eigenvalue weighted by molar-refractivity contribution is 9.10. The Hall–Kier alpha value is -3.13. The minimum Gasteiger partial charge on any atom is -0.496 e. The molecule has 1 saturated heterocycles. The fourth-order valence-corrected chi connectivity index (χ4v) is 3.10. The van der Waals surface area contributed by atoms with Gasteiger partial charge < -0.3 is 9.47 Å². The third-order valence-corrected chi connectivity index (χ3v) is 4.49. The van der Waals surface area contributed by atoms with Gasteiger partial charge >= 0.3 is 6.03 Å². The molecule has 1 fully saturated rings. The molecule has 1 aliphatic rings. The molecule has 0 atom stereocenters. The molecular weight excluding hydrogens is 428 g/mol. The smallest absolute Gasteiger partial charge is 0.335 e. The summed E-state index contributed by atoms with van der Waals surface area (Å²) in [5.41, 5.74) is 0.673. The van der Waals surface area contributed by atoms with E-state index in [2.05, 4.69) is 21.2 Å². The van der Waals surface area contributed by atoms with Crippen molar-refractivity contribution in [3.8, 4) is 11.5 Å². The molecule has 0 unspecified atom stereocenters. The molecule has 8 heteroatoms. The SMILES string of the molecule is CCOc1ccc(N2C(=O)NC(=O)/C(=C/c3cc(Br)ccc3OC)C2=O)cc1. The van der Waals surface area contributed by atoms with Crippen LogP contribution in [-0.2, 0) is 9.59 Å². The number of nitrogens with one attached hydrogen (secondary N) is 1. The maximum atomic E-state index is 12.9. The van der Waals surface area contributed by atoms with Crippen molar-refractivity contribution in [3.63, 3.8) is 0 Å². The number of urea groups is 1. The van der Waals surface area contributed by atoms with Gasteiger partial charge in [-0.3, -0.25) is 14.9 Å². The molecule has 1 heterocycles. The summed E-state index contributed by atoms with van der Waals surface area (Å²) in [5, 5.41) is 2.20. The highest BCUT2D eigenvalue weighted by atomic mass is 79.9. The third-order valence-electron chi connectivity index (χ3n) is 4.00. The van der Waals surface area contributed by atoms with Crippen LogP contribution in [0.15, 0.2) is 52.5 Å². The van der Waals surface area contributed by atoms with E-state index >= 15 is 0 Å². The van der Waals surface area contributed by atoms with Crippen LogP contribution in [0.25, 0.3) is 6.08 Å². The zero-order chi connectivity index (χ0) is 20.3. The summed E-state index contributed by atoms with van der Waals surface area (Å²) in [4.78, 5) is 38.4. The van der Waals surface area contributed by atoms with E-state index in [1.165, 1.54) is 13.2 Å². The monoisotopic (exact) mass is 444 g/mol. The predicted octanol–water partition coefficient (Wildman–Crippen LogP) is 3.52. The van der Waals surface area contributed by atoms with Crippen molar-refractivity contribution >= 4 is 45.5 Å². The lowest BCUT2D eigenvalue weighted by Gasteiger charge is -2.26. The third kappa shape index (κ3) is 3.91. The Morgan fingerprint density at radius 1 is 1.11 bits per heavy atom. The number of halogens is 1. The summed E-state index contributed by atoms with van der Waals surface area (Å²) in [6, 6.07) is 10.8. The molecular formula is C20H17BrN2O5. The van der Waals surface area contributed by atoms with Crippen LogP contribution < -0.4 is 19.7 Å². The lowest BCUT2D eigenvalue weighted by molar-refractivity contribution is -0.122. The van der Waals surface area contributed by atoms with E-state index in [4.69, 9.17) is 9.47 Å². The van der Waals surface area contributed by atoms with Gasteiger partial charge in [-0.25, -0.2) is 9.69 Å². The van der Waals surface area contributed by atoms with Gasteiger partial charge in [0.15, 0.2) is 0 Å². The van der Waals surface area contributed by atoms with E-state index in [0.29, 0.717) is 29.4 Å². The minimum atomic E-state index is -0.808. The van der Waals surface area contributed by atoms with Gasteiger partial charge in [-0.1, -0.05) is 15.9 Å².